The van der Waals surface area contributed by atoms with E-state index in [-0.39, 0.29) is 35.5 Å². The molecule has 0 amide bonds. The van der Waals surface area contributed by atoms with Crippen molar-refractivity contribution in [2.75, 3.05) is 13.2 Å². The molecular weight excluding hydrogens is 328 g/mol. The van der Waals surface area contributed by atoms with Gasteiger partial charge in [-0.2, -0.15) is 4.73 Å². The van der Waals surface area contributed by atoms with E-state index in [1.165, 1.54) is 25.1 Å². The van der Waals surface area contributed by atoms with Gasteiger partial charge in [0.1, 0.15) is 0 Å². The number of hydrogen-bond donors (Lipinski definition) is 0. The lowest BCUT2D eigenvalue weighted by Gasteiger charge is -2.11. The second kappa shape index (κ2) is 7.78. The molecule has 134 valence electrons. The van der Waals surface area contributed by atoms with Crippen LogP contribution >= 0.6 is 0 Å². The van der Waals surface area contributed by atoms with Crippen molar-refractivity contribution in [1.29, 1.82) is 0 Å². The Hall–Kier alpha value is -2.90. The number of rotatable bonds is 6. The van der Waals surface area contributed by atoms with Crippen molar-refractivity contribution >= 4 is 23.0 Å². The van der Waals surface area contributed by atoms with Gasteiger partial charge in [0.2, 0.25) is 0 Å². The smallest absolute Gasteiger partial charge is 0.412 e. The molecule has 0 atom stereocenters. The zero-order valence-electron chi connectivity index (χ0n) is 14.4. The Morgan fingerprint density at radius 2 is 1.76 bits per heavy atom. The molecule has 2 rings (SSSR count). The van der Waals surface area contributed by atoms with E-state index in [0.29, 0.717) is 9.46 Å². The lowest BCUT2D eigenvalue weighted by atomic mass is 10.1. The minimum absolute atomic E-state index is 0.0469. The second-order valence-corrected chi connectivity index (χ2v) is 5.44. The van der Waals surface area contributed by atoms with Crippen LogP contribution in [-0.4, -0.2) is 25.2 Å². The van der Waals surface area contributed by atoms with Crippen molar-refractivity contribution in [1.82, 2.24) is 0 Å². The van der Waals surface area contributed by atoms with Crippen LogP contribution in [0.1, 0.15) is 53.2 Å². The molecule has 0 saturated carbocycles. The summed E-state index contributed by atoms with van der Waals surface area (Å²) < 4.78 is 10.7. The highest BCUT2D eigenvalue weighted by atomic mass is 16.5. The maximum absolute atomic E-state index is 12.6. The average Bonchev–Trinajstić information content (AvgIpc) is 2.60. The molecule has 8 heteroatoms. The van der Waals surface area contributed by atoms with Gasteiger partial charge in [-0.25, -0.2) is 9.59 Å². The van der Waals surface area contributed by atoms with E-state index in [1.807, 2.05) is 6.92 Å². The number of ether oxygens (including phenoxy) is 2. The van der Waals surface area contributed by atoms with Crippen LogP contribution in [-0.2, 0) is 9.47 Å². The third kappa shape index (κ3) is 3.62. The molecule has 0 radical (unpaired) electrons. The van der Waals surface area contributed by atoms with E-state index in [2.05, 4.69) is 0 Å². The van der Waals surface area contributed by atoms with Crippen LogP contribution in [0.3, 0.4) is 0 Å². The summed E-state index contributed by atoms with van der Waals surface area (Å²) in [6, 6.07) is 4.01. The van der Waals surface area contributed by atoms with E-state index in [0.717, 1.165) is 12.8 Å². The summed E-state index contributed by atoms with van der Waals surface area (Å²) in [6.45, 7) is 5.27. The lowest BCUT2D eigenvalue weighted by Crippen LogP contribution is -2.46. The molecule has 0 N–H and O–H groups in total. The van der Waals surface area contributed by atoms with E-state index < -0.39 is 17.6 Å². The molecule has 0 spiro atoms. The molecule has 0 aliphatic rings. The largest absolute Gasteiger partial charge is 0.618 e. The van der Waals surface area contributed by atoms with Gasteiger partial charge in [-0.15, -0.1) is 4.73 Å². The first kappa shape index (κ1) is 18.4. The van der Waals surface area contributed by atoms with E-state index in [1.54, 1.807) is 6.92 Å². The van der Waals surface area contributed by atoms with Gasteiger partial charge in [0.05, 0.1) is 18.8 Å². The quantitative estimate of drug-likeness (QED) is 0.339. The van der Waals surface area contributed by atoms with Crippen molar-refractivity contribution in [3.63, 3.8) is 0 Å². The highest BCUT2D eigenvalue weighted by Gasteiger charge is 2.32. The topological polar surface area (TPSA) is 106 Å². The Labute approximate surface area is 144 Å². The summed E-state index contributed by atoms with van der Waals surface area (Å²) in [5, 5.41) is 24.9. The number of unbranched alkanes of at least 4 members (excludes halogenated alkanes) is 1. The summed E-state index contributed by atoms with van der Waals surface area (Å²) >= 11 is 0. The van der Waals surface area contributed by atoms with Gasteiger partial charge in [-0.1, -0.05) is 13.3 Å². The standard InChI is InChI=1S/C17H20N2O6/c1-4-6-9-25-16(20)12-7-8-13-14(10-12)19(23)15(11(3)18(13)22)17(21)24-5-2/h7-8,10H,4-6,9H2,1-3H3. The number of carbonyl (C=O) groups is 2. The van der Waals surface area contributed by atoms with Gasteiger partial charge in [0, 0.05) is 19.1 Å². The number of fused-ring (bicyclic) bond motifs is 1. The summed E-state index contributed by atoms with van der Waals surface area (Å²) in [5.41, 5.74) is -0.397. The molecule has 8 nitrogen and oxygen atoms in total. The molecule has 0 saturated heterocycles. The lowest BCUT2D eigenvalue weighted by molar-refractivity contribution is -0.635. The van der Waals surface area contributed by atoms with Crippen molar-refractivity contribution in [2.24, 2.45) is 0 Å². The minimum Gasteiger partial charge on any atom is -0.618 e. The van der Waals surface area contributed by atoms with Gasteiger partial charge in [-0.3, -0.25) is 0 Å². The molecule has 25 heavy (non-hydrogen) atoms. The Bertz CT molecular complexity index is 819. The first-order valence-corrected chi connectivity index (χ1v) is 8.06. The van der Waals surface area contributed by atoms with Crippen molar-refractivity contribution < 1.29 is 28.5 Å². The number of hydrogen-bond acceptors (Lipinski definition) is 6. The van der Waals surface area contributed by atoms with Gasteiger partial charge in [0.15, 0.2) is 0 Å². The van der Waals surface area contributed by atoms with Crippen LogP contribution in [0.4, 0.5) is 0 Å². The molecular formula is C17H20N2O6. The molecule has 1 heterocycles. The maximum Gasteiger partial charge on any atom is 0.412 e. The van der Waals surface area contributed by atoms with Gasteiger partial charge in [0.25, 0.3) is 16.7 Å². The number of esters is 2. The highest BCUT2D eigenvalue weighted by molar-refractivity contribution is 5.93. The normalized spacial score (nSPS) is 10.7. The van der Waals surface area contributed by atoms with Crippen LogP contribution in [0.25, 0.3) is 11.0 Å². The fourth-order valence-electron chi connectivity index (χ4n) is 2.35. The van der Waals surface area contributed by atoms with Gasteiger partial charge in [-0.05, 0) is 19.4 Å². The zero-order valence-corrected chi connectivity index (χ0v) is 14.4. The molecule has 0 bridgehead atoms. The molecule has 2 aromatic rings. The predicted octanol–water partition coefficient (Wildman–Crippen LogP) is 1.55. The third-order valence-electron chi connectivity index (χ3n) is 3.70. The van der Waals surface area contributed by atoms with Crippen LogP contribution < -0.4 is 9.46 Å². The monoisotopic (exact) mass is 348 g/mol. The van der Waals surface area contributed by atoms with Crippen LogP contribution in [0.15, 0.2) is 18.2 Å². The first-order chi connectivity index (χ1) is 11.9. The summed E-state index contributed by atoms with van der Waals surface area (Å²) in [4.78, 5) is 24.0. The summed E-state index contributed by atoms with van der Waals surface area (Å²) in [7, 11) is 0. The summed E-state index contributed by atoms with van der Waals surface area (Å²) in [5.74, 6) is -1.48. The van der Waals surface area contributed by atoms with E-state index in [9.17, 15) is 20.0 Å². The zero-order chi connectivity index (χ0) is 18.6. The third-order valence-corrected chi connectivity index (χ3v) is 3.70. The summed E-state index contributed by atoms with van der Waals surface area (Å²) in [6.07, 6.45) is 1.61. The molecule has 0 aliphatic carbocycles. The second-order valence-electron chi connectivity index (χ2n) is 5.44. The highest BCUT2D eigenvalue weighted by Crippen LogP contribution is 2.14. The Morgan fingerprint density at radius 1 is 1.04 bits per heavy atom. The number of carbonyl (C=O) groups excluding carboxylic acids is 2. The van der Waals surface area contributed by atoms with Crippen molar-refractivity contribution in [3.05, 3.63) is 45.6 Å². The van der Waals surface area contributed by atoms with Crippen LogP contribution in [0, 0.1) is 17.3 Å². The SMILES string of the molecule is CCCCOC(=O)c1ccc2c(c1)[n+]([O-])c(C(=O)OCC)c(C)[n+]2[O-]. The molecule has 1 aromatic carbocycles. The maximum atomic E-state index is 12.6. The number of benzene rings is 1. The predicted molar refractivity (Wildman–Crippen MR) is 87.8 cm³/mol. The average molecular weight is 348 g/mol. The van der Waals surface area contributed by atoms with Crippen molar-refractivity contribution in [2.45, 2.75) is 33.6 Å². The van der Waals surface area contributed by atoms with Crippen LogP contribution in [0.5, 0.6) is 0 Å². The first-order valence-electron chi connectivity index (χ1n) is 8.06. The Kier molecular flexibility index (Phi) is 5.74. The Balaban J connectivity index is 2.53. The van der Waals surface area contributed by atoms with Crippen LogP contribution in [0.2, 0.25) is 0 Å². The molecule has 0 unspecified atom stereocenters. The number of aromatic nitrogens is 2. The molecule has 1 aromatic heterocycles. The molecule has 0 aliphatic heterocycles. The minimum atomic E-state index is -0.891. The number of nitrogens with zero attached hydrogens (tertiary/aromatic N) is 2. The van der Waals surface area contributed by atoms with Gasteiger partial charge >= 0.3 is 17.6 Å². The Morgan fingerprint density at radius 3 is 2.40 bits per heavy atom. The van der Waals surface area contributed by atoms with Crippen molar-refractivity contribution in [3.8, 4) is 0 Å². The van der Waals surface area contributed by atoms with E-state index >= 15 is 0 Å². The van der Waals surface area contributed by atoms with E-state index in [4.69, 9.17) is 9.47 Å². The fraction of sp³-hybridized carbons (Fsp3) is 0.412. The van der Waals surface area contributed by atoms with Gasteiger partial charge < -0.3 is 19.9 Å². The fourth-order valence-corrected chi connectivity index (χ4v) is 2.35. The molecule has 0 fully saturated rings.